The SMILES string of the molecule is Cc1cc(-n2cnc(C#N)n2)nc(C)n1. The number of hydrogen-bond acceptors (Lipinski definition) is 5. The molecule has 2 aromatic heterocycles. The van der Waals surface area contributed by atoms with Crippen LogP contribution in [0.15, 0.2) is 12.4 Å². The third kappa shape index (κ3) is 1.81. The maximum atomic E-state index is 8.59. The van der Waals surface area contributed by atoms with Gasteiger partial charge in [-0.1, -0.05) is 0 Å². The molecule has 0 N–H and O–H groups in total. The van der Waals surface area contributed by atoms with E-state index < -0.39 is 0 Å². The van der Waals surface area contributed by atoms with Gasteiger partial charge in [0, 0.05) is 11.8 Å². The van der Waals surface area contributed by atoms with Crippen LogP contribution in [0.4, 0.5) is 0 Å². The Hall–Kier alpha value is -2.29. The summed E-state index contributed by atoms with van der Waals surface area (Å²) in [5, 5.41) is 12.5. The van der Waals surface area contributed by atoms with E-state index in [1.807, 2.05) is 13.0 Å². The number of nitriles is 1. The van der Waals surface area contributed by atoms with Crippen molar-refractivity contribution in [2.24, 2.45) is 0 Å². The maximum absolute atomic E-state index is 8.59. The molecule has 2 rings (SSSR count). The number of rotatable bonds is 1. The monoisotopic (exact) mass is 200 g/mol. The fraction of sp³-hybridized carbons (Fsp3) is 0.222. The molecule has 0 aliphatic carbocycles. The zero-order valence-corrected chi connectivity index (χ0v) is 8.34. The molecule has 0 aliphatic rings. The van der Waals surface area contributed by atoms with Crippen molar-refractivity contribution in [1.29, 1.82) is 5.26 Å². The van der Waals surface area contributed by atoms with Gasteiger partial charge in [-0.2, -0.15) is 5.26 Å². The average Bonchev–Trinajstić information content (AvgIpc) is 2.64. The minimum absolute atomic E-state index is 0.129. The van der Waals surface area contributed by atoms with Crippen LogP contribution < -0.4 is 0 Å². The fourth-order valence-corrected chi connectivity index (χ4v) is 1.24. The lowest BCUT2D eigenvalue weighted by molar-refractivity contribution is 0.817. The first-order valence-electron chi connectivity index (χ1n) is 4.33. The van der Waals surface area contributed by atoms with E-state index in [0.29, 0.717) is 11.6 Å². The van der Waals surface area contributed by atoms with Crippen LogP contribution in [0.5, 0.6) is 0 Å². The van der Waals surface area contributed by atoms with Gasteiger partial charge in [-0.15, -0.1) is 5.10 Å². The summed E-state index contributed by atoms with van der Waals surface area (Å²) in [6, 6.07) is 3.64. The van der Waals surface area contributed by atoms with E-state index in [4.69, 9.17) is 5.26 Å². The molecule has 6 heteroatoms. The molecule has 0 fully saturated rings. The van der Waals surface area contributed by atoms with Gasteiger partial charge in [-0.05, 0) is 13.8 Å². The van der Waals surface area contributed by atoms with Gasteiger partial charge in [0.05, 0.1) is 0 Å². The van der Waals surface area contributed by atoms with E-state index in [1.165, 1.54) is 11.0 Å². The fourth-order valence-electron chi connectivity index (χ4n) is 1.24. The van der Waals surface area contributed by atoms with Crippen LogP contribution in [-0.2, 0) is 0 Å². The van der Waals surface area contributed by atoms with Crippen LogP contribution in [0.2, 0.25) is 0 Å². The molecule has 0 amide bonds. The van der Waals surface area contributed by atoms with Gasteiger partial charge < -0.3 is 0 Å². The molecule has 0 radical (unpaired) electrons. The van der Waals surface area contributed by atoms with Crippen molar-refractivity contribution < 1.29 is 0 Å². The molecule has 6 nitrogen and oxygen atoms in total. The summed E-state index contributed by atoms with van der Waals surface area (Å²) in [5.74, 6) is 1.41. The molecule has 0 aliphatic heterocycles. The number of nitrogens with zero attached hydrogens (tertiary/aromatic N) is 6. The Kier molecular flexibility index (Phi) is 2.14. The van der Waals surface area contributed by atoms with E-state index in [9.17, 15) is 0 Å². The molecular weight excluding hydrogens is 192 g/mol. The second-order valence-corrected chi connectivity index (χ2v) is 3.04. The van der Waals surface area contributed by atoms with Crippen molar-refractivity contribution in [2.75, 3.05) is 0 Å². The minimum atomic E-state index is 0.129. The molecule has 0 saturated carbocycles. The van der Waals surface area contributed by atoms with Crippen LogP contribution in [-0.4, -0.2) is 24.7 Å². The first-order chi connectivity index (χ1) is 7.19. The molecule has 74 valence electrons. The van der Waals surface area contributed by atoms with Gasteiger partial charge in [0.2, 0.25) is 0 Å². The van der Waals surface area contributed by atoms with E-state index >= 15 is 0 Å². The number of aromatic nitrogens is 5. The molecule has 0 saturated heterocycles. The quantitative estimate of drug-likeness (QED) is 0.671. The highest BCUT2D eigenvalue weighted by Crippen LogP contribution is 2.04. The summed E-state index contributed by atoms with van der Waals surface area (Å²) >= 11 is 0. The Balaban J connectivity index is 2.50. The van der Waals surface area contributed by atoms with Crippen molar-refractivity contribution >= 4 is 0 Å². The molecule has 0 unspecified atom stereocenters. The highest BCUT2D eigenvalue weighted by molar-refractivity contribution is 5.23. The highest BCUT2D eigenvalue weighted by Gasteiger charge is 2.04. The Morgan fingerprint density at radius 1 is 1.33 bits per heavy atom. The minimum Gasteiger partial charge on any atom is -0.238 e. The smallest absolute Gasteiger partial charge is 0.238 e. The van der Waals surface area contributed by atoms with Crippen LogP contribution in [0.3, 0.4) is 0 Å². The lowest BCUT2D eigenvalue weighted by Gasteiger charge is -2.01. The van der Waals surface area contributed by atoms with Crippen LogP contribution in [0.1, 0.15) is 17.3 Å². The second-order valence-electron chi connectivity index (χ2n) is 3.04. The average molecular weight is 200 g/mol. The molecule has 2 aromatic rings. The third-order valence-corrected chi connectivity index (χ3v) is 1.78. The van der Waals surface area contributed by atoms with E-state index in [2.05, 4.69) is 20.1 Å². The predicted octanol–water partition coefficient (Wildman–Crippen LogP) is 0.546. The first-order valence-corrected chi connectivity index (χ1v) is 4.33. The maximum Gasteiger partial charge on any atom is 0.252 e. The van der Waals surface area contributed by atoms with Crippen molar-refractivity contribution in [1.82, 2.24) is 24.7 Å². The molecular formula is C9H8N6. The molecule has 0 aromatic carbocycles. The Morgan fingerprint density at radius 3 is 2.73 bits per heavy atom. The third-order valence-electron chi connectivity index (χ3n) is 1.78. The Labute approximate surface area is 86.2 Å². The zero-order chi connectivity index (χ0) is 10.8. The van der Waals surface area contributed by atoms with Crippen LogP contribution >= 0.6 is 0 Å². The lowest BCUT2D eigenvalue weighted by atomic mass is 10.4. The summed E-state index contributed by atoms with van der Waals surface area (Å²) in [6.07, 6.45) is 1.46. The van der Waals surface area contributed by atoms with Gasteiger partial charge in [0.25, 0.3) is 5.82 Å². The van der Waals surface area contributed by atoms with Gasteiger partial charge in [-0.3, -0.25) is 0 Å². The van der Waals surface area contributed by atoms with Crippen molar-refractivity contribution in [2.45, 2.75) is 13.8 Å². The number of aryl methyl sites for hydroxylation is 2. The Bertz CT molecular complexity index is 516. The van der Waals surface area contributed by atoms with E-state index in [-0.39, 0.29) is 5.82 Å². The van der Waals surface area contributed by atoms with Gasteiger partial charge >= 0.3 is 0 Å². The molecule has 0 atom stereocenters. The highest BCUT2D eigenvalue weighted by atomic mass is 15.4. The molecule has 15 heavy (non-hydrogen) atoms. The first kappa shape index (κ1) is 9.27. The predicted molar refractivity (Wildman–Crippen MR) is 51.1 cm³/mol. The normalized spacial score (nSPS) is 9.93. The standard InChI is InChI=1S/C9H8N6/c1-6-3-9(13-7(2)12-6)15-5-11-8(4-10)14-15/h3,5H,1-2H3. The van der Waals surface area contributed by atoms with Gasteiger partial charge in [0.15, 0.2) is 5.82 Å². The Morgan fingerprint density at radius 2 is 2.13 bits per heavy atom. The van der Waals surface area contributed by atoms with E-state index in [0.717, 1.165) is 5.69 Å². The summed E-state index contributed by atoms with van der Waals surface area (Å²) in [7, 11) is 0. The molecule has 2 heterocycles. The topological polar surface area (TPSA) is 80.3 Å². The summed E-state index contributed by atoms with van der Waals surface area (Å²) in [4.78, 5) is 12.1. The van der Waals surface area contributed by atoms with Crippen LogP contribution in [0.25, 0.3) is 5.82 Å². The second kappa shape index (κ2) is 3.46. The van der Waals surface area contributed by atoms with Crippen LogP contribution in [0, 0.1) is 25.2 Å². The number of hydrogen-bond donors (Lipinski definition) is 0. The summed E-state index contributed by atoms with van der Waals surface area (Å²) < 4.78 is 1.46. The van der Waals surface area contributed by atoms with Gasteiger partial charge in [-0.25, -0.2) is 19.6 Å². The van der Waals surface area contributed by atoms with Crippen molar-refractivity contribution in [3.63, 3.8) is 0 Å². The van der Waals surface area contributed by atoms with Crippen molar-refractivity contribution in [3.8, 4) is 11.9 Å². The lowest BCUT2D eigenvalue weighted by Crippen LogP contribution is -2.02. The molecule has 0 bridgehead atoms. The molecule has 0 spiro atoms. The largest absolute Gasteiger partial charge is 0.252 e. The summed E-state index contributed by atoms with van der Waals surface area (Å²) in [5.41, 5.74) is 0.853. The zero-order valence-electron chi connectivity index (χ0n) is 8.34. The van der Waals surface area contributed by atoms with Crippen molar-refractivity contribution in [3.05, 3.63) is 29.7 Å². The summed E-state index contributed by atoms with van der Waals surface area (Å²) in [6.45, 7) is 3.68. The van der Waals surface area contributed by atoms with E-state index in [1.54, 1.807) is 13.0 Å². The van der Waals surface area contributed by atoms with Gasteiger partial charge in [0.1, 0.15) is 18.2 Å².